The Morgan fingerprint density at radius 2 is 2.00 bits per heavy atom. The predicted molar refractivity (Wildman–Crippen MR) is 48.5 cm³/mol. The summed E-state index contributed by atoms with van der Waals surface area (Å²) in [6.45, 7) is 2.14. The molecule has 0 aliphatic rings. The van der Waals surface area contributed by atoms with Crippen molar-refractivity contribution < 1.29 is 4.39 Å². The lowest BCUT2D eigenvalue weighted by atomic mass is 10.1. The van der Waals surface area contributed by atoms with Gasteiger partial charge in [-0.15, -0.1) is 0 Å². The number of halogens is 1. The average molecular weight is 171 g/mol. The lowest BCUT2D eigenvalue weighted by molar-refractivity contribution is 0.290. The number of hydrogen-bond acceptors (Lipinski definition) is 1. The van der Waals surface area contributed by atoms with E-state index in [-0.39, 0.29) is 0 Å². The summed E-state index contributed by atoms with van der Waals surface area (Å²) in [4.78, 5) is 0. The zero-order valence-electron chi connectivity index (χ0n) is 7.85. The van der Waals surface area contributed by atoms with Gasteiger partial charge < -0.3 is 0 Å². The lowest BCUT2D eigenvalue weighted by Gasteiger charge is -2.04. The Hall–Kier alpha value is -0.580. The van der Waals surface area contributed by atoms with Crippen LogP contribution in [0.25, 0.3) is 0 Å². The lowest BCUT2D eigenvalue weighted by Crippen LogP contribution is -1.98. The van der Waals surface area contributed by atoms with E-state index in [1.165, 1.54) is 12.8 Å². The Labute approximate surface area is 74.6 Å². The first kappa shape index (κ1) is 11.4. The van der Waals surface area contributed by atoms with Crippen LogP contribution in [0.15, 0.2) is 0 Å². The predicted octanol–water partition coefficient (Wildman–Crippen LogP) is 3.60. The molecule has 0 aromatic rings. The SMILES string of the molecule is CCCCCCC(F)CCC#N. The molecule has 0 spiro atoms. The van der Waals surface area contributed by atoms with Crippen LogP contribution in [0.3, 0.4) is 0 Å². The first-order chi connectivity index (χ1) is 5.81. The largest absolute Gasteiger partial charge is 0.247 e. The zero-order chi connectivity index (χ0) is 9.23. The van der Waals surface area contributed by atoms with E-state index in [9.17, 15) is 4.39 Å². The molecule has 0 fully saturated rings. The van der Waals surface area contributed by atoms with Crippen molar-refractivity contribution >= 4 is 0 Å². The number of unbranched alkanes of at least 4 members (excludes halogenated alkanes) is 3. The molecule has 0 aliphatic carbocycles. The smallest absolute Gasteiger partial charge is 0.101 e. The maximum atomic E-state index is 12.9. The van der Waals surface area contributed by atoms with Gasteiger partial charge in [-0.25, -0.2) is 4.39 Å². The third kappa shape index (κ3) is 7.53. The molecule has 0 radical (unpaired) electrons. The third-order valence-electron chi connectivity index (χ3n) is 1.94. The van der Waals surface area contributed by atoms with Gasteiger partial charge in [0.1, 0.15) is 6.17 Å². The van der Waals surface area contributed by atoms with E-state index in [0.717, 1.165) is 12.8 Å². The van der Waals surface area contributed by atoms with Gasteiger partial charge in [-0.2, -0.15) is 5.26 Å². The van der Waals surface area contributed by atoms with Gasteiger partial charge in [-0.05, 0) is 12.8 Å². The molecule has 0 aliphatic heterocycles. The van der Waals surface area contributed by atoms with Gasteiger partial charge in [-0.3, -0.25) is 0 Å². The maximum Gasteiger partial charge on any atom is 0.101 e. The van der Waals surface area contributed by atoms with Crippen molar-refractivity contribution in [3.63, 3.8) is 0 Å². The van der Waals surface area contributed by atoms with Crippen molar-refractivity contribution in [2.75, 3.05) is 0 Å². The topological polar surface area (TPSA) is 23.8 Å². The molecular formula is C10H18FN. The summed E-state index contributed by atoms with van der Waals surface area (Å²) in [5.41, 5.74) is 0. The highest BCUT2D eigenvalue weighted by molar-refractivity contribution is 4.71. The highest BCUT2D eigenvalue weighted by Gasteiger charge is 2.04. The quantitative estimate of drug-likeness (QED) is 0.537. The van der Waals surface area contributed by atoms with Gasteiger partial charge >= 0.3 is 0 Å². The van der Waals surface area contributed by atoms with Gasteiger partial charge in [0, 0.05) is 6.42 Å². The van der Waals surface area contributed by atoms with Crippen molar-refractivity contribution in [2.45, 2.75) is 58.0 Å². The van der Waals surface area contributed by atoms with Crippen molar-refractivity contribution in [3.05, 3.63) is 0 Å². The fraction of sp³-hybridized carbons (Fsp3) is 0.900. The first-order valence-corrected chi connectivity index (χ1v) is 4.82. The van der Waals surface area contributed by atoms with Gasteiger partial charge in [0.05, 0.1) is 6.07 Å². The molecule has 0 saturated carbocycles. The summed E-state index contributed by atoms with van der Waals surface area (Å²) in [5.74, 6) is 0. The van der Waals surface area contributed by atoms with Crippen molar-refractivity contribution in [1.29, 1.82) is 5.26 Å². The molecule has 0 N–H and O–H groups in total. The van der Waals surface area contributed by atoms with Gasteiger partial charge in [0.15, 0.2) is 0 Å². The minimum absolute atomic E-state index is 0.356. The van der Waals surface area contributed by atoms with Crippen LogP contribution >= 0.6 is 0 Å². The van der Waals surface area contributed by atoms with Crippen molar-refractivity contribution in [2.24, 2.45) is 0 Å². The van der Waals surface area contributed by atoms with Gasteiger partial charge in [0.25, 0.3) is 0 Å². The standard InChI is InChI=1S/C10H18FN/c1-2-3-4-5-7-10(11)8-6-9-12/h10H,2-8H2,1H3. The minimum atomic E-state index is -0.749. The van der Waals surface area contributed by atoms with E-state index >= 15 is 0 Å². The van der Waals surface area contributed by atoms with Gasteiger partial charge in [-0.1, -0.05) is 32.6 Å². The van der Waals surface area contributed by atoms with Crippen molar-refractivity contribution in [1.82, 2.24) is 0 Å². The number of alkyl halides is 1. The molecule has 12 heavy (non-hydrogen) atoms. The summed E-state index contributed by atoms with van der Waals surface area (Å²) in [5, 5.41) is 8.21. The fourth-order valence-corrected chi connectivity index (χ4v) is 1.16. The Bertz CT molecular complexity index is 128. The molecule has 1 unspecified atom stereocenters. The van der Waals surface area contributed by atoms with Crippen LogP contribution in [-0.4, -0.2) is 6.17 Å². The molecule has 0 aromatic carbocycles. The van der Waals surface area contributed by atoms with Crippen molar-refractivity contribution in [3.8, 4) is 6.07 Å². The number of hydrogen-bond donors (Lipinski definition) is 0. The molecule has 0 amide bonds. The summed E-state index contributed by atoms with van der Waals surface area (Å²) >= 11 is 0. The summed E-state index contributed by atoms with van der Waals surface area (Å²) in [7, 11) is 0. The first-order valence-electron chi connectivity index (χ1n) is 4.82. The fourth-order valence-electron chi connectivity index (χ4n) is 1.16. The van der Waals surface area contributed by atoms with Crippen LogP contribution in [0.2, 0.25) is 0 Å². The zero-order valence-corrected chi connectivity index (χ0v) is 7.85. The molecule has 0 rings (SSSR count). The molecule has 70 valence electrons. The van der Waals surface area contributed by atoms with E-state index < -0.39 is 6.17 Å². The second-order valence-electron chi connectivity index (χ2n) is 3.14. The Kier molecular flexibility index (Phi) is 8.10. The van der Waals surface area contributed by atoms with E-state index in [2.05, 4.69) is 6.92 Å². The minimum Gasteiger partial charge on any atom is -0.247 e. The van der Waals surface area contributed by atoms with Gasteiger partial charge in [0.2, 0.25) is 0 Å². The summed E-state index contributed by atoms with van der Waals surface area (Å²) in [6, 6.07) is 1.96. The normalized spacial score (nSPS) is 12.4. The average Bonchev–Trinajstić information content (AvgIpc) is 2.09. The maximum absolute atomic E-state index is 12.9. The second-order valence-corrected chi connectivity index (χ2v) is 3.14. The Morgan fingerprint density at radius 1 is 1.25 bits per heavy atom. The number of nitrogens with zero attached hydrogens (tertiary/aromatic N) is 1. The van der Waals surface area contributed by atoms with Crippen LogP contribution < -0.4 is 0 Å². The molecule has 0 heterocycles. The Morgan fingerprint density at radius 3 is 2.58 bits per heavy atom. The second kappa shape index (κ2) is 8.52. The summed E-state index contributed by atoms with van der Waals surface area (Å²) in [6.07, 6.45) is 5.16. The van der Waals surface area contributed by atoms with E-state index in [4.69, 9.17) is 5.26 Å². The van der Waals surface area contributed by atoms with Crippen LogP contribution in [0.1, 0.15) is 51.9 Å². The highest BCUT2D eigenvalue weighted by atomic mass is 19.1. The molecule has 0 saturated heterocycles. The third-order valence-corrected chi connectivity index (χ3v) is 1.94. The highest BCUT2D eigenvalue weighted by Crippen LogP contribution is 2.11. The van der Waals surface area contributed by atoms with Crippen LogP contribution in [0, 0.1) is 11.3 Å². The molecule has 2 heteroatoms. The monoisotopic (exact) mass is 171 g/mol. The van der Waals surface area contributed by atoms with E-state index in [1.807, 2.05) is 6.07 Å². The van der Waals surface area contributed by atoms with E-state index in [1.54, 1.807) is 0 Å². The summed E-state index contributed by atoms with van der Waals surface area (Å²) < 4.78 is 12.9. The molecule has 1 nitrogen and oxygen atoms in total. The number of rotatable bonds is 7. The van der Waals surface area contributed by atoms with Crippen LogP contribution in [0.5, 0.6) is 0 Å². The molecule has 1 atom stereocenters. The molecule has 0 bridgehead atoms. The van der Waals surface area contributed by atoms with Crippen LogP contribution in [0.4, 0.5) is 4.39 Å². The molecular weight excluding hydrogens is 153 g/mol. The Balaban J connectivity index is 3.09. The van der Waals surface area contributed by atoms with E-state index in [0.29, 0.717) is 19.3 Å². The number of nitriles is 1. The molecule has 0 aromatic heterocycles. The van der Waals surface area contributed by atoms with Crippen LogP contribution in [-0.2, 0) is 0 Å².